The van der Waals surface area contributed by atoms with Gasteiger partial charge in [-0.2, -0.15) is 0 Å². The molecule has 0 aliphatic heterocycles. The second-order valence-corrected chi connectivity index (χ2v) is 6.51. The zero-order chi connectivity index (χ0) is 19.9. The van der Waals surface area contributed by atoms with Crippen molar-refractivity contribution < 1.29 is 19.0 Å². The van der Waals surface area contributed by atoms with E-state index in [-0.39, 0.29) is 0 Å². The summed E-state index contributed by atoms with van der Waals surface area (Å²) in [4.78, 5) is 11.3. The molecule has 3 aromatic carbocycles. The van der Waals surface area contributed by atoms with E-state index in [4.69, 9.17) is 14.2 Å². The topological polar surface area (TPSA) is 44.8 Å². The highest BCUT2D eigenvalue weighted by Crippen LogP contribution is 2.41. The Labute approximate surface area is 165 Å². The van der Waals surface area contributed by atoms with Crippen LogP contribution in [0.5, 0.6) is 23.0 Å². The van der Waals surface area contributed by atoms with E-state index in [0.717, 1.165) is 23.8 Å². The summed E-state index contributed by atoms with van der Waals surface area (Å²) < 4.78 is 17.2. The van der Waals surface area contributed by atoms with Crippen molar-refractivity contribution in [1.29, 1.82) is 0 Å². The van der Waals surface area contributed by atoms with Crippen molar-refractivity contribution in [1.82, 2.24) is 0 Å². The van der Waals surface area contributed by atoms with Crippen molar-refractivity contribution in [3.8, 4) is 34.1 Å². The molecule has 0 aromatic heterocycles. The maximum Gasteiger partial charge on any atom is 0.204 e. The molecular weight excluding hydrogens is 352 g/mol. The number of carbonyl (C=O) groups excluding carboxylic acids is 1. The fourth-order valence-electron chi connectivity index (χ4n) is 2.83. The van der Waals surface area contributed by atoms with Gasteiger partial charge in [0.2, 0.25) is 5.75 Å². The van der Waals surface area contributed by atoms with Crippen LogP contribution in [0.3, 0.4) is 0 Å². The van der Waals surface area contributed by atoms with Crippen molar-refractivity contribution in [3.63, 3.8) is 0 Å². The molecule has 0 spiro atoms. The van der Waals surface area contributed by atoms with Gasteiger partial charge in [-0.25, -0.2) is 0 Å². The lowest BCUT2D eigenvalue weighted by atomic mass is 10.0. The van der Waals surface area contributed by atoms with E-state index in [1.807, 2.05) is 31.2 Å². The molecule has 0 N–H and O–H groups in total. The van der Waals surface area contributed by atoms with Gasteiger partial charge in [-0.3, -0.25) is 4.79 Å². The number of hydrogen-bond donors (Lipinski definition) is 0. The fourth-order valence-corrected chi connectivity index (χ4v) is 2.83. The van der Waals surface area contributed by atoms with Gasteiger partial charge < -0.3 is 14.2 Å². The van der Waals surface area contributed by atoms with Crippen LogP contribution in [0.1, 0.15) is 29.3 Å². The van der Waals surface area contributed by atoms with E-state index < -0.39 is 0 Å². The average molecular weight is 376 g/mol. The number of aldehydes is 1. The van der Waals surface area contributed by atoms with Crippen LogP contribution in [-0.2, 0) is 0 Å². The fraction of sp³-hybridized carbons (Fsp3) is 0.208. The highest BCUT2D eigenvalue weighted by atomic mass is 16.5. The number of methoxy groups -OCH3 is 1. The van der Waals surface area contributed by atoms with Gasteiger partial charge in [0.15, 0.2) is 11.5 Å². The number of ether oxygens (including phenoxy) is 3. The van der Waals surface area contributed by atoms with Gasteiger partial charge in [-0.1, -0.05) is 48.9 Å². The number of aryl methyl sites for hydroxylation is 1. The maximum atomic E-state index is 11.3. The Morgan fingerprint density at radius 1 is 0.893 bits per heavy atom. The highest BCUT2D eigenvalue weighted by molar-refractivity contribution is 5.78. The second-order valence-electron chi connectivity index (χ2n) is 6.51. The Bertz CT molecular complexity index is 928. The SMILES string of the molecule is CCCOc1c(OC)cc(C=O)cc1Oc1ccc(-c2ccc(C)cc2)cc1. The van der Waals surface area contributed by atoms with E-state index in [1.54, 1.807) is 19.2 Å². The molecule has 3 rings (SSSR count). The number of carbonyl (C=O) groups is 1. The third kappa shape index (κ3) is 4.52. The van der Waals surface area contributed by atoms with Crippen LogP contribution in [0.15, 0.2) is 60.7 Å². The smallest absolute Gasteiger partial charge is 0.204 e. The first-order valence-electron chi connectivity index (χ1n) is 9.29. The molecule has 0 aliphatic rings. The molecule has 0 saturated carbocycles. The Balaban J connectivity index is 1.89. The Kier molecular flexibility index (Phi) is 6.33. The number of benzene rings is 3. The molecule has 0 saturated heterocycles. The monoisotopic (exact) mass is 376 g/mol. The molecule has 144 valence electrons. The lowest BCUT2D eigenvalue weighted by Gasteiger charge is -2.16. The van der Waals surface area contributed by atoms with Crippen molar-refractivity contribution >= 4 is 6.29 Å². The van der Waals surface area contributed by atoms with Crippen LogP contribution in [0, 0.1) is 6.92 Å². The van der Waals surface area contributed by atoms with Gasteiger partial charge in [0.1, 0.15) is 12.0 Å². The molecule has 0 radical (unpaired) electrons. The van der Waals surface area contributed by atoms with E-state index in [1.165, 1.54) is 5.56 Å². The summed E-state index contributed by atoms with van der Waals surface area (Å²) in [5.41, 5.74) is 3.95. The molecule has 0 bridgehead atoms. The first-order chi connectivity index (χ1) is 13.6. The summed E-state index contributed by atoms with van der Waals surface area (Å²) in [6.45, 7) is 4.62. The van der Waals surface area contributed by atoms with E-state index in [9.17, 15) is 4.79 Å². The standard InChI is InChI=1S/C24H24O4/c1-4-13-27-24-22(26-3)14-18(16-25)15-23(24)28-21-11-9-20(10-12-21)19-7-5-17(2)6-8-19/h5-12,14-16H,4,13H2,1-3H3. The minimum Gasteiger partial charge on any atom is -0.493 e. The third-order valence-corrected chi connectivity index (χ3v) is 4.32. The molecule has 0 aliphatic carbocycles. The zero-order valence-corrected chi connectivity index (χ0v) is 16.4. The molecule has 0 fully saturated rings. The van der Waals surface area contributed by atoms with Crippen LogP contribution >= 0.6 is 0 Å². The number of rotatable bonds is 8. The Morgan fingerprint density at radius 3 is 2.07 bits per heavy atom. The molecule has 0 atom stereocenters. The first kappa shape index (κ1) is 19.5. The molecule has 4 heteroatoms. The quantitative estimate of drug-likeness (QED) is 0.448. The lowest BCUT2D eigenvalue weighted by molar-refractivity contribution is 0.112. The van der Waals surface area contributed by atoms with E-state index in [2.05, 4.69) is 31.2 Å². The van der Waals surface area contributed by atoms with Gasteiger partial charge in [0.25, 0.3) is 0 Å². The Hall–Kier alpha value is -3.27. The summed E-state index contributed by atoms with van der Waals surface area (Å²) in [6.07, 6.45) is 1.61. The first-order valence-corrected chi connectivity index (χ1v) is 9.29. The minimum absolute atomic E-state index is 0.456. The number of hydrogen-bond acceptors (Lipinski definition) is 4. The van der Waals surface area contributed by atoms with Crippen LogP contribution < -0.4 is 14.2 Å². The highest BCUT2D eigenvalue weighted by Gasteiger charge is 2.15. The van der Waals surface area contributed by atoms with Crippen molar-refractivity contribution in [2.24, 2.45) is 0 Å². The van der Waals surface area contributed by atoms with Gasteiger partial charge in [-0.15, -0.1) is 0 Å². The Morgan fingerprint density at radius 2 is 1.50 bits per heavy atom. The zero-order valence-electron chi connectivity index (χ0n) is 16.4. The lowest BCUT2D eigenvalue weighted by Crippen LogP contribution is -2.01. The van der Waals surface area contributed by atoms with Crippen LogP contribution in [-0.4, -0.2) is 20.0 Å². The van der Waals surface area contributed by atoms with Crippen molar-refractivity contribution in [2.45, 2.75) is 20.3 Å². The molecule has 0 heterocycles. The normalized spacial score (nSPS) is 10.4. The molecule has 4 nitrogen and oxygen atoms in total. The van der Waals surface area contributed by atoms with Gasteiger partial charge >= 0.3 is 0 Å². The van der Waals surface area contributed by atoms with E-state index in [0.29, 0.717) is 35.2 Å². The van der Waals surface area contributed by atoms with Crippen LogP contribution in [0.2, 0.25) is 0 Å². The maximum absolute atomic E-state index is 11.3. The molecular formula is C24H24O4. The van der Waals surface area contributed by atoms with Crippen LogP contribution in [0.4, 0.5) is 0 Å². The van der Waals surface area contributed by atoms with Gasteiger partial charge in [-0.05, 0) is 48.7 Å². The predicted octanol–water partition coefficient (Wildman–Crippen LogP) is 6.06. The van der Waals surface area contributed by atoms with Crippen LogP contribution in [0.25, 0.3) is 11.1 Å². The summed E-state index contributed by atoms with van der Waals surface area (Å²) in [5, 5.41) is 0. The average Bonchev–Trinajstić information content (AvgIpc) is 2.73. The molecule has 28 heavy (non-hydrogen) atoms. The van der Waals surface area contributed by atoms with Crippen molar-refractivity contribution in [3.05, 3.63) is 71.8 Å². The predicted molar refractivity (Wildman–Crippen MR) is 111 cm³/mol. The third-order valence-electron chi connectivity index (χ3n) is 4.32. The minimum atomic E-state index is 0.456. The largest absolute Gasteiger partial charge is 0.493 e. The molecule has 3 aromatic rings. The molecule has 0 unspecified atom stereocenters. The molecule has 0 amide bonds. The summed E-state index contributed by atoms with van der Waals surface area (Å²) in [5.74, 6) is 2.09. The summed E-state index contributed by atoms with van der Waals surface area (Å²) >= 11 is 0. The summed E-state index contributed by atoms with van der Waals surface area (Å²) in [7, 11) is 1.54. The van der Waals surface area contributed by atoms with E-state index >= 15 is 0 Å². The van der Waals surface area contributed by atoms with Gasteiger partial charge in [0.05, 0.1) is 13.7 Å². The second kappa shape index (κ2) is 9.09. The van der Waals surface area contributed by atoms with Crippen molar-refractivity contribution in [2.75, 3.05) is 13.7 Å². The summed E-state index contributed by atoms with van der Waals surface area (Å²) in [6, 6.07) is 19.5. The van der Waals surface area contributed by atoms with Gasteiger partial charge in [0, 0.05) is 5.56 Å².